The molecule has 0 heterocycles. The van der Waals surface area contributed by atoms with Crippen LogP contribution >= 0.6 is 0 Å². The van der Waals surface area contributed by atoms with Crippen molar-refractivity contribution in [1.29, 1.82) is 0 Å². The number of carbonyl (C=O) groups is 3. The van der Waals surface area contributed by atoms with Gasteiger partial charge in [-0.1, -0.05) is 12.1 Å². The van der Waals surface area contributed by atoms with Crippen molar-refractivity contribution in [3.63, 3.8) is 0 Å². The SMILES string of the molecule is CCNC(=O)c1ccc(CNC(=O)Nc2ccc(C(=O)NCC(F)(F)F)cc2)cc1. The number of hydrogen-bond acceptors (Lipinski definition) is 3. The molecule has 2 aromatic rings. The number of amides is 4. The number of halogens is 3. The first-order valence-electron chi connectivity index (χ1n) is 9.05. The summed E-state index contributed by atoms with van der Waals surface area (Å²) in [6.07, 6.45) is -4.49. The lowest BCUT2D eigenvalue weighted by Crippen LogP contribution is -2.33. The number of rotatable bonds is 7. The van der Waals surface area contributed by atoms with E-state index in [1.54, 1.807) is 29.6 Å². The van der Waals surface area contributed by atoms with Crippen LogP contribution in [-0.2, 0) is 6.54 Å². The fraction of sp³-hybridized carbons (Fsp3) is 0.250. The molecule has 2 aromatic carbocycles. The highest BCUT2D eigenvalue weighted by atomic mass is 19.4. The number of hydrogen-bond donors (Lipinski definition) is 4. The zero-order valence-corrected chi connectivity index (χ0v) is 16.1. The van der Waals surface area contributed by atoms with Crippen LogP contribution in [0.5, 0.6) is 0 Å². The second-order valence-electron chi connectivity index (χ2n) is 6.24. The van der Waals surface area contributed by atoms with Crippen LogP contribution in [0.1, 0.15) is 33.2 Å². The first-order chi connectivity index (χ1) is 14.2. The molecule has 0 aliphatic heterocycles. The second-order valence-corrected chi connectivity index (χ2v) is 6.24. The van der Waals surface area contributed by atoms with E-state index in [4.69, 9.17) is 0 Å². The summed E-state index contributed by atoms with van der Waals surface area (Å²) in [5.41, 5.74) is 1.71. The fourth-order valence-electron chi connectivity index (χ4n) is 2.38. The Bertz CT molecular complexity index is 882. The Balaban J connectivity index is 1.82. The standard InChI is InChI=1S/C20H21F3N4O3/c1-2-24-17(28)14-5-3-13(4-6-14)11-25-19(30)27-16-9-7-15(8-10-16)18(29)26-12-20(21,22)23/h3-10H,2,11-12H2,1H3,(H,24,28)(H,26,29)(H2,25,27,30). The minimum absolute atomic E-state index is 0.0393. The van der Waals surface area contributed by atoms with Crippen LogP contribution in [0, 0.1) is 0 Å². The molecule has 0 fully saturated rings. The Morgan fingerprint density at radius 1 is 0.800 bits per heavy atom. The molecule has 0 unspecified atom stereocenters. The average Bonchev–Trinajstić information content (AvgIpc) is 2.71. The van der Waals surface area contributed by atoms with E-state index in [0.717, 1.165) is 5.56 Å². The summed E-state index contributed by atoms with van der Waals surface area (Å²) in [4.78, 5) is 35.3. The summed E-state index contributed by atoms with van der Waals surface area (Å²) in [6.45, 7) is 1.16. The van der Waals surface area contributed by atoms with Crippen LogP contribution in [0.3, 0.4) is 0 Å². The zero-order valence-electron chi connectivity index (χ0n) is 16.1. The molecule has 0 aromatic heterocycles. The van der Waals surface area contributed by atoms with Gasteiger partial charge in [0.25, 0.3) is 11.8 Å². The van der Waals surface area contributed by atoms with Crippen molar-refractivity contribution in [2.45, 2.75) is 19.6 Å². The first kappa shape index (κ1) is 22.7. The Morgan fingerprint density at radius 2 is 1.33 bits per heavy atom. The first-order valence-corrected chi connectivity index (χ1v) is 9.05. The van der Waals surface area contributed by atoms with Crippen molar-refractivity contribution < 1.29 is 27.6 Å². The maximum atomic E-state index is 12.1. The molecule has 0 spiro atoms. The van der Waals surface area contributed by atoms with Crippen LogP contribution in [0.15, 0.2) is 48.5 Å². The van der Waals surface area contributed by atoms with Gasteiger partial charge >= 0.3 is 12.2 Å². The second kappa shape index (κ2) is 10.3. The number of urea groups is 1. The van der Waals surface area contributed by atoms with Gasteiger partial charge in [-0.2, -0.15) is 13.2 Å². The molecular weight excluding hydrogens is 401 g/mol. The molecule has 0 saturated heterocycles. The molecule has 7 nitrogen and oxygen atoms in total. The largest absolute Gasteiger partial charge is 0.405 e. The van der Waals surface area contributed by atoms with Crippen molar-refractivity contribution in [3.8, 4) is 0 Å². The summed E-state index contributed by atoms with van der Waals surface area (Å²) >= 11 is 0. The normalized spacial score (nSPS) is 10.8. The molecule has 2 rings (SSSR count). The lowest BCUT2D eigenvalue weighted by atomic mass is 10.1. The molecule has 0 saturated carbocycles. The van der Waals surface area contributed by atoms with Crippen LogP contribution in [0.25, 0.3) is 0 Å². The van der Waals surface area contributed by atoms with Gasteiger partial charge in [0.15, 0.2) is 0 Å². The number of alkyl halides is 3. The van der Waals surface area contributed by atoms with Crippen LogP contribution in [-0.4, -0.2) is 37.1 Å². The number of carbonyl (C=O) groups excluding carboxylic acids is 3. The van der Waals surface area contributed by atoms with Gasteiger partial charge < -0.3 is 21.3 Å². The Hall–Kier alpha value is -3.56. The Labute approximate surface area is 171 Å². The predicted molar refractivity (Wildman–Crippen MR) is 105 cm³/mol. The summed E-state index contributed by atoms with van der Waals surface area (Å²) in [7, 11) is 0. The average molecular weight is 422 g/mol. The maximum absolute atomic E-state index is 12.1. The van der Waals surface area contributed by atoms with Gasteiger partial charge in [0.2, 0.25) is 0 Å². The van der Waals surface area contributed by atoms with Crippen molar-refractivity contribution in [3.05, 3.63) is 65.2 Å². The smallest absolute Gasteiger partial charge is 0.352 e. The lowest BCUT2D eigenvalue weighted by Gasteiger charge is -2.10. The van der Waals surface area contributed by atoms with Crippen molar-refractivity contribution in [2.75, 3.05) is 18.4 Å². The van der Waals surface area contributed by atoms with Gasteiger partial charge in [0, 0.05) is 29.9 Å². The highest BCUT2D eigenvalue weighted by Gasteiger charge is 2.27. The van der Waals surface area contributed by atoms with E-state index in [0.29, 0.717) is 17.8 Å². The van der Waals surface area contributed by atoms with Gasteiger partial charge in [-0.15, -0.1) is 0 Å². The highest BCUT2D eigenvalue weighted by Crippen LogP contribution is 2.14. The minimum atomic E-state index is -4.49. The van der Waals surface area contributed by atoms with Crippen molar-refractivity contribution in [1.82, 2.24) is 16.0 Å². The molecule has 160 valence electrons. The van der Waals surface area contributed by atoms with E-state index in [2.05, 4.69) is 16.0 Å². The summed E-state index contributed by atoms with van der Waals surface area (Å²) in [6, 6.07) is 11.7. The lowest BCUT2D eigenvalue weighted by molar-refractivity contribution is -0.123. The third kappa shape index (κ3) is 7.46. The summed E-state index contributed by atoms with van der Waals surface area (Å²) < 4.78 is 36.4. The monoisotopic (exact) mass is 422 g/mol. The molecule has 0 aliphatic rings. The van der Waals surface area contributed by atoms with Crippen molar-refractivity contribution >= 4 is 23.5 Å². The summed E-state index contributed by atoms with van der Waals surface area (Å²) in [5, 5.41) is 9.65. The van der Waals surface area contributed by atoms with Gasteiger partial charge in [-0.05, 0) is 48.9 Å². The minimum Gasteiger partial charge on any atom is -0.352 e. The van der Waals surface area contributed by atoms with Gasteiger partial charge in [0.05, 0.1) is 0 Å². The van der Waals surface area contributed by atoms with Crippen LogP contribution < -0.4 is 21.3 Å². The van der Waals surface area contributed by atoms with E-state index in [9.17, 15) is 27.6 Å². The van der Waals surface area contributed by atoms with Crippen LogP contribution in [0.4, 0.5) is 23.7 Å². The number of benzene rings is 2. The van der Waals surface area contributed by atoms with Crippen molar-refractivity contribution in [2.24, 2.45) is 0 Å². The third-order valence-corrected chi connectivity index (χ3v) is 3.86. The topological polar surface area (TPSA) is 99.3 Å². The molecule has 0 radical (unpaired) electrons. The van der Waals surface area contributed by atoms with Gasteiger partial charge in [-0.25, -0.2) is 4.79 Å². The molecule has 30 heavy (non-hydrogen) atoms. The molecule has 0 bridgehead atoms. The highest BCUT2D eigenvalue weighted by molar-refractivity contribution is 5.95. The number of nitrogens with one attached hydrogen (secondary N) is 4. The Morgan fingerprint density at radius 3 is 1.87 bits per heavy atom. The quantitative estimate of drug-likeness (QED) is 0.552. The fourth-order valence-corrected chi connectivity index (χ4v) is 2.38. The Kier molecular flexibility index (Phi) is 7.79. The van der Waals surface area contributed by atoms with E-state index >= 15 is 0 Å². The maximum Gasteiger partial charge on any atom is 0.405 e. The molecular formula is C20H21F3N4O3. The van der Waals surface area contributed by atoms with E-state index in [-0.39, 0.29) is 18.0 Å². The molecule has 10 heteroatoms. The third-order valence-electron chi connectivity index (χ3n) is 3.86. The van der Waals surface area contributed by atoms with E-state index in [1.165, 1.54) is 24.3 Å². The molecule has 4 amide bonds. The van der Waals surface area contributed by atoms with Gasteiger partial charge in [-0.3, -0.25) is 9.59 Å². The van der Waals surface area contributed by atoms with Crippen LogP contribution in [0.2, 0.25) is 0 Å². The molecule has 0 aliphatic carbocycles. The predicted octanol–water partition coefficient (Wildman–Crippen LogP) is 3.05. The molecule has 4 N–H and O–H groups in total. The molecule has 0 atom stereocenters. The van der Waals surface area contributed by atoms with E-state index in [1.807, 2.05) is 6.92 Å². The van der Waals surface area contributed by atoms with Gasteiger partial charge in [0.1, 0.15) is 6.54 Å². The zero-order chi connectivity index (χ0) is 22.1. The number of anilines is 1. The summed E-state index contributed by atoms with van der Waals surface area (Å²) in [5.74, 6) is -1.04. The van der Waals surface area contributed by atoms with E-state index < -0.39 is 24.7 Å².